The van der Waals surface area contributed by atoms with Crippen LogP contribution in [0.5, 0.6) is 5.75 Å². The third-order valence-corrected chi connectivity index (χ3v) is 7.43. The molecule has 1 aliphatic rings. The summed E-state index contributed by atoms with van der Waals surface area (Å²) in [6.45, 7) is 2.35. The van der Waals surface area contributed by atoms with Crippen LogP contribution in [0.1, 0.15) is 12.5 Å². The summed E-state index contributed by atoms with van der Waals surface area (Å²) >= 11 is 7.76. The molecule has 0 spiro atoms. The minimum atomic E-state index is 0.478. The maximum absolute atomic E-state index is 5.50. The van der Waals surface area contributed by atoms with Gasteiger partial charge >= 0.3 is 0 Å². The Balaban J connectivity index is 2.15. The quantitative estimate of drug-likeness (QED) is 0.843. The van der Waals surface area contributed by atoms with Gasteiger partial charge in [0.15, 0.2) is 0 Å². The standard InChI is InChI=1S/C15H22BrNOS2/c1-10-15(20-7-6-19-10)13(17-2)9-11-8-12(16)4-5-14(11)18-3/h4-5,8,10,13,15,17H,6-7,9H2,1-3H3. The van der Waals surface area contributed by atoms with Gasteiger partial charge in [-0.3, -0.25) is 0 Å². The largest absolute Gasteiger partial charge is 0.496 e. The van der Waals surface area contributed by atoms with Crippen LogP contribution in [0.15, 0.2) is 22.7 Å². The number of likely N-dealkylation sites (N-methyl/N-ethyl adjacent to an activating group) is 1. The summed E-state index contributed by atoms with van der Waals surface area (Å²) in [5.41, 5.74) is 1.27. The molecule has 3 unspecified atom stereocenters. The molecule has 0 aliphatic carbocycles. The highest BCUT2D eigenvalue weighted by Crippen LogP contribution is 2.35. The van der Waals surface area contributed by atoms with E-state index < -0.39 is 0 Å². The predicted molar refractivity (Wildman–Crippen MR) is 95.4 cm³/mol. The van der Waals surface area contributed by atoms with Gasteiger partial charge in [0.2, 0.25) is 0 Å². The second-order valence-corrected chi connectivity index (χ2v) is 8.65. The smallest absolute Gasteiger partial charge is 0.122 e. The van der Waals surface area contributed by atoms with Gasteiger partial charge < -0.3 is 10.1 Å². The molecule has 0 radical (unpaired) electrons. The van der Waals surface area contributed by atoms with E-state index in [4.69, 9.17) is 4.74 Å². The number of hydrogen-bond acceptors (Lipinski definition) is 4. The van der Waals surface area contributed by atoms with Gasteiger partial charge in [-0.2, -0.15) is 23.5 Å². The molecule has 0 bridgehead atoms. The van der Waals surface area contributed by atoms with Crippen molar-refractivity contribution in [2.24, 2.45) is 0 Å². The van der Waals surface area contributed by atoms with Gasteiger partial charge in [-0.15, -0.1) is 0 Å². The Kier molecular flexibility index (Phi) is 6.59. The molecule has 112 valence electrons. The number of hydrogen-bond donors (Lipinski definition) is 1. The maximum atomic E-state index is 5.50. The van der Waals surface area contributed by atoms with E-state index in [0.717, 1.165) is 16.6 Å². The zero-order chi connectivity index (χ0) is 14.5. The second-order valence-electron chi connectivity index (χ2n) is 4.97. The SMILES string of the molecule is CNC(Cc1cc(Br)ccc1OC)C1SCCSC1C. The van der Waals surface area contributed by atoms with E-state index in [9.17, 15) is 0 Å². The van der Waals surface area contributed by atoms with Gasteiger partial charge in [-0.1, -0.05) is 22.9 Å². The van der Waals surface area contributed by atoms with Crippen molar-refractivity contribution in [1.29, 1.82) is 0 Å². The molecule has 3 atom stereocenters. The molecule has 1 saturated heterocycles. The van der Waals surface area contributed by atoms with Crippen molar-refractivity contribution in [3.05, 3.63) is 28.2 Å². The third-order valence-electron chi connectivity index (χ3n) is 3.69. The highest BCUT2D eigenvalue weighted by atomic mass is 79.9. The van der Waals surface area contributed by atoms with Crippen LogP contribution in [-0.4, -0.2) is 42.2 Å². The van der Waals surface area contributed by atoms with Gasteiger partial charge in [-0.05, 0) is 37.2 Å². The topological polar surface area (TPSA) is 21.3 Å². The van der Waals surface area contributed by atoms with E-state index in [1.54, 1.807) is 7.11 Å². The summed E-state index contributed by atoms with van der Waals surface area (Å²) in [5, 5.41) is 4.87. The fourth-order valence-corrected chi connectivity index (χ4v) is 6.03. The zero-order valence-electron chi connectivity index (χ0n) is 12.2. The molecule has 2 rings (SSSR count). The Morgan fingerprint density at radius 3 is 2.80 bits per heavy atom. The van der Waals surface area contributed by atoms with Crippen LogP contribution >= 0.6 is 39.5 Å². The Morgan fingerprint density at radius 2 is 2.15 bits per heavy atom. The van der Waals surface area contributed by atoms with E-state index in [1.165, 1.54) is 17.1 Å². The Bertz CT molecular complexity index is 444. The van der Waals surface area contributed by atoms with Crippen molar-refractivity contribution in [2.45, 2.75) is 29.9 Å². The summed E-state index contributed by atoms with van der Waals surface area (Å²) < 4.78 is 6.61. The van der Waals surface area contributed by atoms with Crippen LogP contribution in [0.4, 0.5) is 0 Å². The number of methoxy groups -OCH3 is 1. The highest BCUT2D eigenvalue weighted by Gasteiger charge is 2.30. The molecule has 1 N–H and O–H groups in total. The molecule has 20 heavy (non-hydrogen) atoms. The molecule has 0 amide bonds. The van der Waals surface area contributed by atoms with Crippen molar-refractivity contribution in [1.82, 2.24) is 5.32 Å². The number of rotatable bonds is 5. The lowest BCUT2D eigenvalue weighted by Gasteiger charge is -2.34. The van der Waals surface area contributed by atoms with Crippen molar-refractivity contribution in [2.75, 3.05) is 25.7 Å². The van der Waals surface area contributed by atoms with E-state index in [1.807, 2.05) is 12.1 Å². The molecule has 0 aromatic heterocycles. The Morgan fingerprint density at radius 1 is 1.40 bits per heavy atom. The lowest BCUT2D eigenvalue weighted by Crippen LogP contribution is -2.44. The summed E-state index contributed by atoms with van der Waals surface area (Å²) in [6, 6.07) is 6.73. The van der Waals surface area contributed by atoms with Crippen LogP contribution in [0.3, 0.4) is 0 Å². The molecule has 1 fully saturated rings. The van der Waals surface area contributed by atoms with Gasteiger partial charge in [0.1, 0.15) is 5.75 Å². The monoisotopic (exact) mass is 375 g/mol. The minimum Gasteiger partial charge on any atom is -0.496 e. The van der Waals surface area contributed by atoms with Crippen molar-refractivity contribution in [3.63, 3.8) is 0 Å². The van der Waals surface area contributed by atoms with Crippen molar-refractivity contribution < 1.29 is 4.74 Å². The molecular weight excluding hydrogens is 354 g/mol. The summed E-state index contributed by atoms with van der Waals surface area (Å²) in [6.07, 6.45) is 1.00. The number of thioether (sulfide) groups is 2. The first-order valence-corrected chi connectivity index (χ1v) is 9.77. The number of ether oxygens (including phenoxy) is 1. The summed E-state index contributed by atoms with van der Waals surface area (Å²) in [5.74, 6) is 3.52. The van der Waals surface area contributed by atoms with Gasteiger partial charge in [0.25, 0.3) is 0 Å². The first-order chi connectivity index (χ1) is 9.65. The number of nitrogens with one attached hydrogen (secondary N) is 1. The maximum Gasteiger partial charge on any atom is 0.122 e. The van der Waals surface area contributed by atoms with Crippen LogP contribution in [-0.2, 0) is 6.42 Å². The molecule has 1 aromatic rings. The van der Waals surface area contributed by atoms with Crippen molar-refractivity contribution >= 4 is 39.5 Å². The third kappa shape index (κ3) is 4.09. The summed E-state index contributed by atoms with van der Waals surface area (Å²) in [7, 11) is 3.82. The zero-order valence-corrected chi connectivity index (χ0v) is 15.4. The number of halogens is 1. The Labute approximate surface area is 138 Å². The highest BCUT2D eigenvalue weighted by molar-refractivity contribution is 9.10. The van der Waals surface area contributed by atoms with Crippen LogP contribution in [0.25, 0.3) is 0 Å². The van der Waals surface area contributed by atoms with Crippen molar-refractivity contribution in [3.8, 4) is 5.75 Å². The fraction of sp³-hybridized carbons (Fsp3) is 0.600. The number of benzene rings is 1. The van der Waals surface area contributed by atoms with Gasteiger partial charge in [0.05, 0.1) is 7.11 Å². The normalized spacial score (nSPS) is 24.4. The summed E-state index contributed by atoms with van der Waals surface area (Å²) in [4.78, 5) is 0. The van der Waals surface area contributed by atoms with E-state index >= 15 is 0 Å². The average molecular weight is 376 g/mol. The average Bonchev–Trinajstić information content (AvgIpc) is 2.46. The molecule has 5 heteroatoms. The van der Waals surface area contributed by atoms with Crippen LogP contribution < -0.4 is 10.1 Å². The lowest BCUT2D eigenvalue weighted by atomic mass is 10.0. The Hall–Kier alpha value is 0.160. The lowest BCUT2D eigenvalue weighted by molar-refractivity contribution is 0.405. The van der Waals surface area contributed by atoms with E-state index in [-0.39, 0.29) is 0 Å². The molecular formula is C15H22BrNOS2. The molecule has 1 aliphatic heterocycles. The minimum absolute atomic E-state index is 0.478. The van der Waals surface area contributed by atoms with Crippen LogP contribution in [0.2, 0.25) is 0 Å². The van der Waals surface area contributed by atoms with Gasteiger partial charge in [0, 0.05) is 32.5 Å². The second kappa shape index (κ2) is 7.97. The first-order valence-electron chi connectivity index (χ1n) is 6.88. The molecule has 0 saturated carbocycles. The van der Waals surface area contributed by atoms with Crippen LogP contribution in [0, 0.1) is 0 Å². The fourth-order valence-electron chi connectivity index (χ4n) is 2.62. The molecule has 1 aromatic carbocycles. The molecule has 1 heterocycles. The predicted octanol–water partition coefficient (Wildman–Crippen LogP) is 3.83. The van der Waals surface area contributed by atoms with E-state index in [0.29, 0.717) is 16.5 Å². The van der Waals surface area contributed by atoms with Gasteiger partial charge in [-0.25, -0.2) is 0 Å². The molecule has 2 nitrogen and oxygen atoms in total. The van der Waals surface area contributed by atoms with E-state index in [2.05, 4.69) is 64.8 Å². The first kappa shape index (κ1) is 16.5.